The second-order valence-electron chi connectivity index (χ2n) is 7.32. The van der Waals surface area contributed by atoms with Crippen molar-refractivity contribution >= 4 is 21.7 Å². The van der Waals surface area contributed by atoms with Crippen LogP contribution in [0, 0.1) is 6.92 Å². The molecule has 2 aromatic rings. The van der Waals surface area contributed by atoms with Crippen LogP contribution in [0.2, 0.25) is 0 Å². The molecule has 0 aliphatic carbocycles. The Hall–Kier alpha value is -2.61. The number of nitrogens with one attached hydrogen (secondary N) is 1. The maximum absolute atomic E-state index is 12.5. The predicted octanol–water partition coefficient (Wildman–Crippen LogP) is 2.45. The third-order valence-corrected chi connectivity index (χ3v) is 6.42. The van der Waals surface area contributed by atoms with Gasteiger partial charge in [-0.3, -0.25) is 9.59 Å². The van der Waals surface area contributed by atoms with Crippen molar-refractivity contribution in [2.45, 2.75) is 37.7 Å². The zero-order valence-corrected chi connectivity index (χ0v) is 17.3. The summed E-state index contributed by atoms with van der Waals surface area (Å²) in [4.78, 5) is 25.5. The van der Waals surface area contributed by atoms with Gasteiger partial charge in [-0.25, -0.2) is 8.42 Å². The van der Waals surface area contributed by atoms with Crippen LogP contribution >= 0.6 is 0 Å². The minimum absolute atomic E-state index is 0.0723. The number of carbonyl (C=O) groups is 2. The topological polar surface area (TPSA) is 96.7 Å². The van der Waals surface area contributed by atoms with Crippen molar-refractivity contribution in [1.82, 2.24) is 10.2 Å². The minimum atomic E-state index is -3.42. The van der Waals surface area contributed by atoms with Gasteiger partial charge in [0.25, 0.3) is 5.91 Å². The van der Waals surface area contributed by atoms with E-state index in [9.17, 15) is 18.0 Å². The van der Waals surface area contributed by atoms with Gasteiger partial charge >= 0.3 is 0 Å². The van der Waals surface area contributed by atoms with Gasteiger partial charge in [-0.1, -0.05) is 24.3 Å². The summed E-state index contributed by atoms with van der Waals surface area (Å²) in [5.41, 5.74) is 1.68. The molecular weight excluding hydrogens is 392 g/mol. The van der Waals surface area contributed by atoms with E-state index in [0.717, 1.165) is 24.1 Å². The molecule has 0 spiro atoms. The molecule has 1 fully saturated rings. The summed E-state index contributed by atoms with van der Waals surface area (Å²) in [6, 6.07) is 10.4. The van der Waals surface area contributed by atoms with Gasteiger partial charge in [0.1, 0.15) is 11.5 Å². The maximum atomic E-state index is 12.5. The smallest absolute Gasteiger partial charge is 0.286 e. The monoisotopic (exact) mass is 418 g/mol. The van der Waals surface area contributed by atoms with E-state index in [-0.39, 0.29) is 34.8 Å². The van der Waals surface area contributed by atoms with Gasteiger partial charge in [-0.05, 0) is 43.0 Å². The quantitative estimate of drug-likeness (QED) is 0.631. The molecule has 1 saturated heterocycles. The lowest BCUT2D eigenvalue weighted by molar-refractivity contribution is -0.127. The molecule has 8 heteroatoms. The Balaban J connectivity index is 1.48. The summed E-state index contributed by atoms with van der Waals surface area (Å²) >= 11 is 0. The number of nitrogens with zero attached hydrogens (tertiary/aromatic N) is 1. The van der Waals surface area contributed by atoms with Crippen LogP contribution in [0.5, 0.6) is 0 Å². The molecule has 1 aromatic carbocycles. The van der Waals surface area contributed by atoms with Crippen LogP contribution < -0.4 is 5.32 Å². The normalized spacial score (nSPS) is 14.4. The predicted molar refractivity (Wildman–Crippen MR) is 109 cm³/mol. The first kappa shape index (κ1) is 21.1. The molecule has 0 bridgehead atoms. The van der Waals surface area contributed by atoms with Crippen LogP contribution in [0.4, 0.5) is 0 Å². The second kappa shape index (κ2) is 9.26. The number of hydrogen-bond acceptors (Lipinski definition) is 5. The van der Waals surface area contributed by atoms with E-state index in [1.807, 2.05) is 25.1 Å². The van der Waals surface area contributed by atoms with Crippen LogP contribution in [0.25, 0.3) is 0 Å². The summed E-state index contributed by atoms with van der Waals surface area (Å²) in [6.45, 7) is 3.70. The molecule has 7 nitrogen and oxygen atoms in total. The average molecular weight is 419 g/mol. The SMILES string of the molecule is Cc1ccccc1CS(=O)(=O)Cc1ccc(C(=O)NCCCN2CCCC2=O)o1. The van der Waals surface area contributed by atoms with Crippen molar-refractivity contribution in [3.05, 3.63) is 59.0 Å². The average Bonchev–Trinajstić information content (AvgIpc) is 3.29. The first-order valence-electron chi connectivity index (χ1n) is 9.74. The molecule has 2 amide bonds. The Kier molecular flexibility index (Phi) is 6.74. The number of carbonyl (C=O) groups excluding carboxylic acids is 2. The van der Waals surface area contributed by atoms with Gasteiger partial charge in [0, 0.05) is 26.1 Å². The molecule has 2 heterocycles. The Labute approximate surface area is 171 Å². The maximum Gasteiger partial charge on any atom is 0.286 e. The largest absolute Gasteiger partial charge is 0.455 e. The van der Waals surface area contributed by atoms with Gasteiger partial charge in [-0.15, -0.1) is 0 Å². The number of aryl methyl sites for hydroxylation is 1. The van der Waals surface area contributed by atoms with Crippen LogP contribution in [0.1, 0.15) is 46.7 Å². The number of hydrogen-bond donors (Lipinski definition) is 1. The molecule has 1 aromatic heterocycles. The van der Waals surface area contributed by atoms with Crippen LogP contribution in [-0.2, 0) is 26.1 Å². The lowest BCUT2D eigenvalue weighted by atomic mass is 10.1. The van der Waals surface area contributed by atoms with Gasteiger partial charge in [0.2, 0.25) is 5.91 Å². The highest BCUT2D eigenvalue weighted by Crippen LogP contribution is 2.17. The summed E-state index contributed by atoms with van der Waals surface area (Å²) < 4.78 is 30.4. The van der Waals surface area contributed by atoms with Gasteiger partial charge in [-0.2, -0.15) is 0 Å². The highest BCUT2D eigenvalue weighted by molar-refractivity contribution is 7.89. The Morgan fingerprint density at radius 2 is 1.97 bits per heavy atom. The number of rotatable bonds is 9. The Bertz CT molecular complexity index is 980. The standard InChI is InChI=1S/C21H26N2O5S/c1-16-6-2-3-7-17(16)14-29(26,27)15-18-9-10-19(28-18)21(25)22-11-5-13-23-12-4-8-20(23)24/h2-3,6-7,9-10H,4-5,8,11-15H2,1H3,(H,22,25). The van der Waals surface area contributed by atoms with Crippen molar-refractivity contribution in [3.63, 3.8) is 0 Å². The number of amides is 2. The number of sulfone groups is 1. The number of likely N-dealkylation sites (tertiary alicyclic amines) is 1. The van der Waals surface area contributed by atoms with E-state index in [0.29, 0.717) is 25.9 Å². The zero-order chi connectivity index (χ0) is 20.9. The van der Waals surface area contributed by atoms with Crippen LogP contribution in [0.15, 0.2) is 40.8 Å². The number of benzene rings is 1. The lowest BCUT2D eigenvalue weighted by Gasteiger charge is -2.14. The molecule has 0 saturated carbocycles. The highest BCUT2D eigenvalue weighted by Gasteiger charge is 2.20. The van der Waals surface area contributed by atoms with E-state index in [4.69, 9.17) is 4.42 Å². The highest BCUT2D eigenvalue weighted by atomic mass is 32.2. The molecule has 3 rings (SSSR count). The third-order valence-electron chi connectivity index (χ3n) is 4.95. The third kappa shape index (κ3) is 5.93. The first-order chi connectivity index (χ1) is 13.8. The molecule has 29 heavy (non-hydrogen) atoms. The van der Waals surface area contributed by atoms with E-state index in [1.54, 1.807) is 11.0 Å². The fourth-order valence-electron chi connectivity index (χ4n) is 3.35. The Morgan fingerprint density at radius 3 is 2.69 bits per heavy atom. The van der Waals surface area contributed by atoms with E-state index in [2.05, 4.69) is 5.32 Å². The summed E-state index contributed by atoms with van der Waals surface area (Å²) in [5.74, 6) is -0.225. The van der Waals surface area contributed by atoms with Crippen LogP contribution in [-0.4, -0.2) is 44.8 Å². The molecule has 156 valence electrons. The summed E-state index contributed by atoms with van der Waals surface area (Å²) in [5, 5.41) is 2.74. The van der Waals surface area contributed by atoms with Crippen molar-refractivity contribution in [2.75, 3.05) is 19.6 Å². The first-order valence-corrected chi connectivity index (χ1v) is 11.6. The van der Waals surface area contributed by atoms with Gasteiger partial charge in [0.15, 0.2) is 15.6 Å². The van der Waals surface area contributed by atoms with E-state index < -0.39 is 9.84 Å². The molecule has 1 aliphatic rings. The van der Waals surface area contributed by atoms with Crippen LogP contribution in [0.3, 0.4) is 0 Å². The Morgan fingerprint density at radius 1 is 1.17 bits per heavy atom. The molecular formula is C21H26N2O5S. The fraction of sp³-hybridized carbons (Fsp3) is 0.429. The lowest BCUT2D eigenvalue weighted by Crippen LogP contribution is -2.30. The molecule has 1 N–H and O–H groups in total. The second-order valence-corrected chi connectivity index (χ2v) is 9.38. The van der Waals surface area contributed by atoms with Crippen molar-refractivity contribution in [3.8, 4) is 0 Å². The molecule has 1 aliphatic heterocycles. The molecule has 0 radical (unpaired) electrons. The van der Waals surface area contributed by atoms with Crippen molar-refractivity contribution in [2.24, 2.45) is 0 Å². The summed E-state index contributed by atoms with van der Waals surface area (Å²) in [6.07, 6.45) is 2.16. The number of furan rings is 1. The molecule has 0 unspecified atom stereocenters. The van der Waals surface area contributed by atoms with Gasteiger partial charge < -0.3 is 14.6 Å². The fourth-order valence-corrected chi connectivity index (χ4v) is 4.84. The molecule has 0 atom stereocenters. The summed E-state index contributed by atoms with van der Waals surface area (Å²) in [7, 11) is -3.42. The van der Waals surface area contributed by atoms with E-state index in [1.165, 1.54) is 12.1 Å². The minimum Gasteiger partial charge on any atom is -0.455 e. The van der Waals surface area contributed by atoms with Gasteiger partial charge in [0.05, 0.1) is 5.75 Å². The van der Waals surface area contributed by atoms with E-state index >= 15 is 0 Å². The zero-order valence-electron chi connectivity index (χ0n) is 16.5. The van der Waals surface area contributed by atoms with Crippen molar-refractivity contribution < 1.29 is 22.4 Å². The van der Waals surface area contributed by atoms with Crippen molar-refractivity contribution in [1.29, 1.82) is 0 Å².